The summed E-state index contributed by atoms with van der Waals surface area (Å²) in [6.45, 7) is 0. The molecule has 0 radical (unpaired) electrons. The van der Waals surface area contributed by atoms with Crippen LogP contribution in [0.15, 0.2) is 68.8 Å². The van der Waals surface area contributed by atoms with Gasteiger partial charge in [-0.1, -0.05) is 30.0 Å². The highest BCUT2D eigenvalue weighted by molar-refractivity contribution is 8.03. The van der Waals surface area contributed by atoms with Crippen LogP contribution in [0.25, 0.3) is 0 Å². The van der Waals surface area contributed by atoms with Crippen LogP contribution in [0.1, 0.15) is 29.6 Å². The van der Waals surface area contributed by atoms with Crippen LogP contribution < -0.4 is 0 Å². The first-order valence-corrected chi connectivity index (χ1v) is 11.4. The molecule has 0 N–H and O–H groups in total. The molecule has 0 spiro atoms. The number of hydrogen-bond donors (Lipinski definition) is 0. The van der Waals surface area contributed by atoms with Crippen molar-refractivity contribution in [1.82, 2.24) is 0 Å². The monoisotopic (exact) mass is 431 g/mol. The Morgan fingerprint density at radius 2 is 1.79 bits per heavy atom. The van der Waals surface area contributed by atoms with E-state index in [4.69, 9.17) is 0 Å². The Bertz CT molecular complexity index is 1140. The number of nitrogens with zero attached hydrogens (tertiary/aromatic N) is 1. The average Bonchev–Trinajstić information content (AvgIpc) is 2.67. The van der Waals surface area contributed by atoms with Gasteiger partial charge in [0.1, 0.15) is 5.56 Å². The lowest BCUT2D eigenvalue weighted by molar-refractivity contribution is -0.385. The van der Waals surface area contributed by atoms with Crippen LogP contribution in [0.3, 0.4) is 0 Å². The molecule has 9 heteroatoms. The maximum atomic E-state index is 13.2. The van der Waals surface area contributed by atoms with Crippen LogP contribution in [0, 0.1) is 10.1 Å². The van der Waals surface area contributed by atoms with Crippen molar-refractivity contribution < 1.29 is 22.9 Å². The summed E-state index contributed by atoms with van der Waals surface area (Å²) in [6.07, 6.45) is 2.23. The van der Waals surface area contributed by atoms with E-state index in [0.29, 0.717) is 17.7 Å². The fraction of sp³-hybridized carbons (Fsp3) is 0.200. The van der Waals surface area contributed by atoms with Crippen molar-refractivity contribution in [3.63, 3.8) is 0 Å². The summed E-state index contributed by atoms with van der Waals surface area (Å²) in [5.41, 5.74) is -0.980. The van der Waals surface area contributed by atoms with Crippen LogP contribution in [-0.2, 0) is 14.6 Å². The predicted octanol–water partition coefficient (Wildman–Crippen LogP) is 3.98. The van der Waals surface area contributed by atoms with Gasteiger partial charge in [0, 0.05) is 28.5 Å². The topological polar surface area (TPSA) is 111 Å². The van der Waals surface area contributed by atoms with Crippen molar-refractivity contribution in [2.75, 3.05) is 6.26 Å². The molecule has 0 saturated heterocycles. The van der Waals surface area contributed by atoms with Crippen LogP contribution >= 0.6 is 11.8 Å². The quantitative estimate of drug-likeness (QED) is 0.294. The van der Waals surface area contributed by atoms with E-state index in [0.717, 1.165) is 29.4 Å². The number of sulfone groups is 1. The molecule has 0 saturated carbocycles. The third kappa shape index (κ3) is 4.63. The number of ketones is 2. The minimum absolute atomic E-state index is 0.0553. The van der Waals surface area contributed by atoms with Gasteiger partial charge in [0.25, 0.3) is 5.69 Å². The fourth-order valence-corrected chi connectivity index (χ4v) is 4.79. The second kappa shape index (κ2) is 8.30. The summed E-state index contributed by atoms with van der Waals surface area (Å²) in [5.74, 6) is -1.11. The van der Waals surface area contributed by atoms with Gasteiger partial charge in [0.15, 0.2) is 15.6 Å². The normalized spacial score (nSPS) is 14.7. The highest BCUT2D eigenvalue weighted by atomic mass is 32.2. The Morgan fingerprint density at radius 3 is 2.41 bits per heavy atom. The van der Waals surface area contributed by atoms with Gasteiger partial charge in [-0.05, 0) is 37.1 Å². The van der Waals surface area contributed by atoms with Gasteiger partial charge in [-0.25, -0.2) is 8.42 Å². The molecule has 0 amide bonds. The van der Waals surface area contributed by atoms with Gasteiger partial charge in [0.05, 0.1) is 15.4 Å². The highest BCUT2D eigenvalue weighted by Gasteiger charge is 2.32. The van der Waals surface area contributed by atoms with Gasteiger partial charge in [-0.3, -0.25) is 19.7 Å². The average molecular weight is 431 g/mol. The molecular weight excluding hydrogens is 414 g/mol. The first-order chi connectivity index (χ1) is 13.7. The smallest absolute Gasteiger partial charge is 0.281 e. The van der Waals surface area contributed by atoms with Crippen molar-refractivity contribution >= 4 is 38.9 Å². The molecule has 0 fully saturated rings. The first kappa shape index (κ1) is 20.9. The van der Waals surface area contributed by atoms with E-state index >= 15 is 0 Å². The Morgan fingerprint density at radius 1 is 1.10 bits per heavy atom. The van der Waals surface area contributed by atoms with E-state index in [2.05, 4.69) is 0 Å². The van der Waals surface area contributed by atoms with E-state index in [1.54, 1.807) is 0 Å². The number of Topliss-reactive ketones (excluding diaryl/α,β-unsaturated/α-hetero) is 2. The maximum absolute atomic E-state index is 13.2. The van der Waals surface area contributed by atoms with Gasteiger partial charge in [0.2, 0.25) is 5.78 Å². The minimum Gasteiger partial charge on any atom is -0.294 e. The standard InChI is InChI=1S/C20H17NO6S2/c1-29(26,27)14-10-11-15(16(12-14)21(24)25)20(23)19-17(22)8-5-9-18(19)28-13-6-3-2-4-7-13/h2-4,6-7,10-12H,5,8-9H2,1H3. The summed E-state index contributed by atoms with van der Waals surface area (Å²) < 4.78 is 23.4. The van der Waals surface area contributed by atoms with Crippen molar-refractivity contribution in [3.05, 3.63) is 74.7 Å². The highest BCUT2D eigenvalue weighted by Crippen LogP contribution is 2.38. The molecule has 0 atom stereocenters. The zero-order valence-electron chi connectivity index (χ0n) is 15.5. The molecule has 2 aromatic rings. The number of allylic oxidation sites excluding steroid dienone is 2. The number of rotatable bonds is 6. The summed E-state index contributed by atoms with van der Waals surface area (Å²) >= 11 is 1.29. The van der Waals surface area contributed by atoms with Gasteiger partial charge in [-0.2, -0.15) is 0 Å². The lowest BCUT2D eigenvalue weighted by Crippen LogP contribution is -2.20. The molecule has 0 aromatic heterocycles. The third-order valence-corrected chi connectivity index (χ3v) is 6.69. The molecule has 3 rings (SSSR count). The van der Waals surface area contributed by atoms with E-state index in [9.17, 15) is 28.1 Å². The lowest BCUT2D eigenvalue weighted by atomic mass is 9.91. The molecule has 2 aromatic carbocycles. The third-order valence-electron chi connectivity index (χ3n) is 4.42. The first-order valence-electron chi connectivity index (χ1n) is 8.71. The van der Waals surface area contributed by atoms with Crippen molar-refractivity contribution in [2.45, 2.75) is 29.1 Å². The molecular formula is C20H17NO6S2. The summed E-state index contributed by atoms with van der Waals surface area (Å²) in [4.78, 5) is 37.6. The van der Waals surface area contributed by atoms with Crippen LogP contribution in [0.4, 0.5) is 5.69 Å². The Hall–Kier alpha value is -2.78. The summed E-state index contributed by atoms with van der Waals surface area (Å²) in [6, 6.07) is 12.3. The zero-order valence-corrected chi connectivity index (χ0v) is 17.1. The summed E-state index contributed by atoms with van der Waals surface area (Å²) in [7, 11) is -3.69. The van der Waals surface area contributed by atoms with Gasteiger partial charge >= 0.3 is 0 Å². The second-order valence-corrected chi connectivity index (χ2v) is 9.71. The number of carbonyl (C=O) groups is 2. The fourth-order valence-electron chi connectivity index (χ4n) is 3.02. The number of hydrogen-bond acceptors (Lipinski definition) is 7. The molecule has 7 nitrogen and oxygen atoms in total. The number of nitro groups is 1. The van der Waals surface area contributed by atoms with E-state index in [-0.39, 0.29) is 28.2 Å². The number of nitro benzene ring substituents is 1. The minimum atomic E-state index is -3.69. The van der Waals surface area contributed by atoms with Crippen molar-refractivity contribution in [1.29, 1.82) is 0 Å². The Labute approximate surface area is 171 Å². The van der Waals surface area contributed by atoms with Crippen LogP contribution in [0.5, 0.6) is 0 Å². The van der Waals surface area contributed by atoms with Crippen molar-refractivity contribution in [2.24, 2.45) is 0 Å². The lowest BCUT2D eigenvalue weighted by Gasteiger charge is -2.18. The molecule has 29 heavy (non-hydrogen) atoms. The molecule has 1 aliphatic carbocycles. The Kier molecular flexibility index (Phi) is 5.99. The number of thioether (sulfide) groups is 1. The SMILES string of the molecule is CS(=O)(=O)c1ccc(C(=O)C2=C(Sc3ccccc3)CCCC2=O)c([N+](=O)[O-])c1. The molecule has 1 aliphatic rings. The summed E-state index contributed by atoms with van der Waals surface area (Å²) in [5, 5.41) is 11.5. The van der Waals surface area contributed by atoms with Crippen molar-refractivity contribution in [3.8, 4) is 0 Å². The van der Waals surface area contributed by atoms with Crippen LogP contribution in [-0.4, -0.2) is 31.2 Å². The maximum Gasteiger partial charge on any atom is 0.281 e. The molecule has 150 valence electrons. The zero-order chi connectivity index (χ0) is 21.2. The number of carbonyl (C=O) groups excluding carboxylic acids is 2. The van der Waals surface area contributed by atoms with Gasteiger partial charge < -0.3 is 0 Å². The predicted molar refractivity (Wildman–Crippen MR) is 109 cm³/mol. The van der Waals surface area contributed by atoms with Crippen LogP contribution in [0.2, 0.25) is 0 Å². The van der Waals surface area contributed by atoms with E-state index in [1.807, 2.05) is 30.3 Å². The largest absolute Gasteiger partial charge is 0.294 e. The Balaban J connectivity index is 2.11. The number of benzene rings is 2. The molecule has 0 unspecified atom stereocenters. The van der Waals surface area contributed by atoms with E-state index in [1.165, 1.54) is 11.8 Å². The second-order valence-electron chi connectivity index (χ2n) is 6.53. The molecule has 0 bridgehead atoms. The molecule has 0 aliphatic heterocycles. The van der Waals surface area contributed by atoms with Gasteiger partial charge in [-0.15, -0.1) is 0 Å². The van der Waals surface area contributed by atoms with E-state index < -0.39 is 26.2 Å². The molecule has 0 heterocycles.